The largest absolute Gasteiger partial charge is 0.481 e. The molecule has 0 unspecified atom stereocenters. The molecule has 1 N–H and O–H groups in total. The second-order valence-corrected chi connectivity index (χ2v) is 6.26. The highest BCUT2D eigenvalue weighted by Crippen LogP contribution is 2.36. The molecular weight excluding hydrogens is 286 g/mol. The molecule has 0 spiro atoms. The number of carboxylic acids is 1. The van der Waals surface area contributed by atoms with Crippen molar-refractivity contribution in [2.45, 2.75) is 25.2 Å². The van der Waals surface area contributed by atoms with Gasteiger partial charge in [0.1, 0.15) is 0 Å². The minimum absolute atomic E-state index is 0.0329. The topological polar surface area (TPSA) is 59.4 Å². The van der Waals surface area contributed by atoms with Gasteiger partial charge in [0.05, 0.1) is 17.1 Å². The van der Waals surface area contributed by atoms with Crippen LogP contribution in [0.2, 0.25) is 0 Å². The van der Waals surface area contributed by atoms with Crippen molar-refractivity contribution >= 4 is 17.3 Å². The van der Waals surface area contributed by atoms with E-state index in [9.17, 15) is 4.79 Å². The summed E-state index contributed by atoms with van der Waals surface area (Å²) in [5.41, 5.74) is 1.81. The molecule has 0 radical (unpaired) electrons. The number of aromatic nitrogens is 1. The minimum Gasteiger partial charge on any atom is -0.481 e. The second-order valence-electron chi connectivity index (χ2n) is 5.15. The molecule has 1 aliphatic rings. The minimum atomic E-state index is -0.811. The van der Waals surface area contributed by atoms with Crippen molar-refractivity contribution in [3.8, 4) is 11.3 Å². The van der Waals surface area contributed by atoms with Crippen LogP contribution in [-0.4, -0.2) is 29.3 Å². The normalized spacial score (nSPS) is 16.0. The maximum absolute atomic E-state index is 11.1. The predicted molar refractivity (Wildman–Crippen MR) is 81.7 cm³/mol. The van der Waals surface area contributed by atoms with Gasteiger partial charge >= 0.3 is 5.97 Å². The number of nitrogens with zero attached hydrogens (tertiary/aromatic N) is 1. The average molecular weight is 303 g/mol. The molecule has 110 valence electrons. The summed E-state index contributed by atoms with van der Waals surface area (Å²) in [4.78, 5) is 16.7. The molecule has 5 heteroatoms. The summed E-state index contributed by atoms with van der Waals surface area (Å²) in [5, 5.41) is 10.2. The summed E-state index contributed by atoms with van der Waals surface area (Å²) in [6.07, 6.45) is 1.97. The Labute approximate surface area is 127 Å². The van der Waals surface area contributed by atoms with Gasteiger partial charge in [-0.2, -0.15) is 0 Å². The summed E-state index contributed by atoms with van der Waals surface area (Å²) in [6, 6.07) is 9.81. The van der Waals surface area contributed by atoms with Gasteiger partial charge in [-0.05, 0) is 12.8 Å². The van der Waals surface area contributed by atoms with Crippen molar-refractivity contribution in [2.75, 3.05) is 13.2 Å². The summed E-state index contributed by atoms with van der Waals surface area (Å²) in [6.45, 7) is 1.53. The van der Waals surface area contributed by atoms with Gasteiger partial charge in [-0.25, -0.2) is 4.98 Å². The van der Waals surface area contributed by atoms with E-state index in [1.165, 1.54) is 0 Å². The number of rotatable bonds is 4. The first-order valence-corrected chi connectivity index (χ1v) is 7.90. The molecule has 0 bridgehead atoms. The quantitative estimate of drug-likeness (QED) is 0.941. The molecule has 1 aromatic carbocycles. The van der Waals surface area contributed by atoms with E-state index < -0.39 is 5.97 Å². The Morgan fingerprint density at radius 3 is 2.67 bits per heavy atom. The maximum Gasteiger partial charge on any atom is 0.308 e. The smallest absolute Gasteiger partial charge is 0.308 e. The molecule has 1 saturated heterocycles. The van der Waals surface area contributed by atoms with E-state index >= 15 is 0 Å². The number of hydrogen-bond donors (Lipinski definition) is 1. The zero-order valence-corrected chi connectivity index (χ0v) is 12.4. The molecule has 3 rings (SSSR count). The first kappa shape index (κ1) is 14.2. The lowest BCUT2D eigenvalue weighted by Gasteiger charge is -2.19. The SMILES string of the molecule is O=C(O)Cc1sc(C2CCOCC2)nc1-c1ccccc1. The monoisotopic (exact) mass is 303 g/mol. The second kappa shape index (κ2) is 6.37. The van der Waals surface area contributed by atoms with Crippen molar-refractivity contribution in [3.63, 3.8) is 0 Å². The van der Waals surface area contributed by atoms with E-state index in [1.54, 1.807) is 11.3 Å². The van der Waals surface area contributed by atoms with Crippen LogP contribution < -0.4 is 0 Å². The van der Waals surface area contributed by atoms with Gasteiger partial charge in [0.25, 0.3) is 0 Å². The van der Waals surface area contributed by atoms with Crippen LogP contribution in [-0.2, 0) is 16.0 Å². The molecule has 1 fully saturated rings. The third kappa shape index (κ3) is 3.31. The highest BCUT2D eigenvalue weighted by atomic mass is 32.1. The van der Waals surface area contributed by atoms with Gasteiger partial charge in [-0.3, -0.25) is 4.79 Å². The summed E-state index contributed by atoms with van der Waals surface area (Å²) in [7, 11) is 0. The molecule has 1 aliphatic heterocycles. The predicted octanol–water partition coefficient (Wildman–Crippen LogP) is 3.33. The Hall–Kier alpha value is -1.72. The summed E-state index contributed by atoms with van der Waals surface area (Å²) < 4.78 is 5.39. The van der Waals surface area contributed by atoms with Crippen LogP contribution in [0.3, 0.4) is 0 Å². The van der Waals surface area contributed by atoms with E-state index in [0.29, 0.717) is 5.92 Å². The maximum atomic E-state index is 11.1. The number of hydrogen-bond acceptors (Lipinski definition) is 4. The third-order valence-electron chi connectivity index (χ3n) is 3.64. The number of aliphatic carboxylic acids is 1. The van der Waals surface area contributed by atoms with Gasteiger partial charge in [-0.1, -0.05) is 30.3 Å². The standard InChI is InChI=1S/C16H17NO3S/c18-14(19)10-13-15(11-4-2-1-3-5-11)17-16(21-13)12-6-8-20-9-7-12/h1-5,12H,6-10H2,(H,18,19). The number of carboxylic acid groups (broad SMARTS) is 1. The van der Waals surface area contributed by atoms with Gasteiger partial charge in [0.15, 0.2) is 0 Å². The Morgan fingerprint density at radius 1 is 1.29 bits per heavy atom. The van der Waals surface area contributed by atoms with Gasteiger partial charge in [0.2, 0.25) is 0 Å². The van der Waals surface area contributed by atoms with Gasteiger partial charge in [0, 0.05) is 29.6 Å². The highest BCUT2D eigenvalue weighted by molar-refractivity contribution is 7.12. The van der Waals surface area contributed by atoms with Gasteiger partial charge in [-0.15, -0.1) is 11.3 Å². The van der Waals surface area contributed by atoms with Crippen LogP contribution in [0.1, 0.15) is 28.6 Å². The fraction of sp³-hybridized carbons (Fsp3) is 0.375. The molecule has 2 heterocycles. The van der Waals surface area contributed by atoms with E-state index in [-0.39, 0.29) is 6.42 Å². The van der Waals surface area contributed by atoms with Crippen LogP contribution >= 0.6 is 11.3 Å². The van der Waals surface area contributed by atoms with Gasteiger partial charge < -0.3 is 9.84 Å². The molecule has 4 nitrogen and oxygen atoms in total. The lowest BCUT2D eigenvalue weighted by molar-refractivity contribution is -0.136. The summed E-state index contributed by atoms with van der Waals surface area (Å²) in [5.74, 6) is -0.414. The molecule has 0 aliphatic carbocycles. The third-order valence-corrected chi connectivity index (χ3v) is 4.86. The first-order chi connectivity index (χ1) is 10.2. The molecule has 2 aromatic rings. The highest BCUT2D eigenvalue weighted by Gasteiger charge is 2.23. The van der Waals surface area contributed by atoms with Crippen LogP contribution in [0.25, 0.3) is 11.3 Å². The molecule has 0 atom stereocenters. The number of carbonyl (C=O) groups is 1. The summed E-state index contributed by atoms with van der Waals surface area (Å²) >= 11 is 1.54. The fourth-order valence-corrected chi connectivity index (χ4v) is 3.82. The van der Waals surface area contributed by atoms with Crippen molar-refractivity contribution in [2.24, 2.45) is 0 Å². The van der Waals surface area contributed by atoms with Crippen molar-refractivity contribution < 1.29 is 14.6 Å². The Morgan fingerprint density at radius 2 is 2.00 bits per heavy atom. The Bertz CT molecular complexity index is 618. The zero-order chi connectivity index (χ0) is 14.7. The van der Waals surface area contributed by atoms with Crippen molar-refractivity contribution in [1.29, 1.82) is 0 Å². The molecule has 1 aromatic heterocycles. The van der Waals surface area contributed by atoms with Crippen molar-refractivity contribution in [1.82, 2.24) is 4.98 Å². The Balaban J connectivity index is 1.96. The van der Waals surface area contributed by atoms with E-state index in [1.807, 2.05) is 30.3 Å². The van der Waals surface area contributed by atoms with E-state index in [2.05, 4.69) is 0 Å². The average Bonchev–Trinajstić information content (AvgIpc) is 2.92. The first-order valence-electron chi connectivity index (χ1n) is 7.08. The van der Waals surface area contributed by atoms with E-state index in [0.717, 1.165) is 47.2 Å². The molecular formula is C16H17NO3S. The van der Waals surface area contributed by atoms with Crippen molar-refractivity contribution in [3.05, 3.63) is 40.2 Å². The molecule has 21 heavy (non-hydrogen) atoms. The van der Waals surface area contributed by atoms with Crippen LogP contribution in [0, 0.1) is 0 Å². The van der Waals surface area contributed by atoms with Crippen LogP contribution in [0.15, 0.2) is 30.3 Å². The van der Waals surface area contributed by atoms with Crippen LogP contribution in [0.4, 0.5) is 0 Å². The lowest BCUT2D eigenvalue weighted by Crippen LogP contribution is -2.13. The fourth-order valence-electron chi connectivity index (χ4n) is 2.57. The number of thiazole rings is 1. The molecule has 0 amide bonds. The van der Waals surface area contributed by atoms with E-state index in [4.69, 9.17) is 14.8 Å². The zero-order valence-electron chi connectivity index (χ0n) is 11.6. The Kier molecular flexibility index (Phi) is 4.31. The number of ether oxygens (including phenoxy) is 1. The molecule has 0 saturated carbocycles. The number of benzene rings is 1. The van der Waals surface area contributed by atoms with Crippen LogP contribution in [0.5, 0.6) is 0 Å². The lowest BCUT2D eigenvalue weighted by atomic mass is 10.0.